The number of carbonyl (C=O) groups is 1. The quantitative estimate of drug-likeness (QED) is 0.809. The van der Waals surface area contributed by atoms with Gasteiger partial charge in [-0.2, -0.15) is 0 Å². The fraction of sp³-hybridized carbons (Fsp3) is 0.500. The maximum Gasteiger partial charge on any atom is 0.323 e. The largest absolute Gasteiger partial charge is 0.468 e. The van der Waals surface area contributed by atoms with Gasteiger partial charge < -0.3 is 10.1 Å². The SMILES string of the molecule is COC(=O)[C@@H]1NCCC[C@H]1Cc1ccccc1. The number of carbonyl (C=O) groups excluding carboxylic acids is 1. The number of rotatable bonds is 3. The van der Waals surface area contributed by atoms with E-state index >= 15 is 0 Å². The number of esters is 1. The molecule has 3 heteroatoms. The van der Waals surface area contributed by atoms with E-state index in [0.717, 1.165) is 25.8 Å². The number of piperidine rings is 1. The molecule has 0 aliphatic carbocycles. The Morgan fingerprint density at radius 3 is 2.88 bits per heavy atom. The van der Waals surface area contributed by atoms with Gasteiger partial charge in [-0.3, -0.25) is 4.79 Å². The van der Waals surface area contributed by atoms with Crippen LogP contribution in [0.2, 0.25) is 0 Å². The van der Waals surface area contributed by atoms with Crippen LogP contribution in [-0.2, 0) is 16.0 Å². The van der Waals surface area contributed by atoms with Gasteiger partial charge in [-0.25, -0.2) is 0 Å². The van der Waals surface area contributed by atoms with Crippen LogP contribution >= 0.6 is 0 Å². The zero-order chi connectivity index (χ0) is 12.1. The van der Waals surface area contributed by atoms with Crippen molar-refractivity contribution in [1.82, 2.24) is 5.32 Å². The Balaban J connectivity index is 2.04. The van der Waals surface area contributed by atoms with E-state index in [2.05, 4.69) is 17.4 Å². The zero-order valence-corrected chi connectivity index (χ0v) is 10.2. The van der Waals surface area contributed by atoms with E-state index in [1.54, 1.807) is 0 Å². The van der Waals surface area contributed by atoms with Gasteiger partial charge in [-0.05, 0) is 37.3 Å². The predicted octanol–water partition coefficient (Wildman–Crippen LogP) is 1.77. The zero-order valence-electron chi connectivity index (χ0n) is 10.2. The molecule has 3 nitrogen and oxygen atoms in total. The standard InChI is InChI=1S/C14H19NO2/c1-17-14(16)13-12(8-5-9-15-13)10-11-6-3-2-4-7-11/h2-4,6-7,12-13,15H,5,8-10H2,1H3/t12-,13+/m0/s1. The molecule has 0 aromatic heterocycles. The molecule has 2 atom stereocenters. The lowest BCUT2D eigenvalue weighted by molar-refractivity contribution is -0.145. The van der Waals surface area contributed by atoms with Crippen LogP contribution in [0.1, 0.15) is 18.4 Å². The van der Waals surface area contributed by atoms with Crippen molar-refractivity contribution in [3.05, 3.63) is 35.9 Å². The van der Waals surface area contributed by atoms with Gasteiger partial charge in [0, 0.05) is 0 Å². The van der Waals surface area contributed by atoms with Gasteiger partial charge in [0.15, 0.2) is 0 Å². The lowest BCUT2D eigenvalue weighted by Crippen LogP contribution is -2.48. The monoisotopic (exact) mass is 233 g/mol. The Bertz CT molecular complexity index is 364. The van der Waals surface area contributed by atoms with Crippen molar-refractivity contribution in [1.29, 1.82) is 0 Å². The Kier molecular flexibility index (Phi) is 4.15. The molecule has 1 aromatic carbocycles. The molecule has 1 N–H and O–H groups in total. The summed E-state index contributed by atoms with van der Waals surface area (Å²) in [6.45, 7) is 0.908. The topological polar surface area (TPSA) is 38.3 Å². The molecule has 2 rings (SSSR count). The Morgan fingerprint density at radius 1 is 1.41 bits per heavy atom. The minimum absolute atomic E-state index is 0.134. The highest BCUT2D eigenvalue weighted by Crippen LogP contribution is 2.22. The highest BCUT2D eigenvalue weighted by molar-refractivity contribution is 5.76. The highest BCUT2D eigenvalue weighted by atomic mass is 16.5. The van der Waals surface area contributed by atoms with E-state index in [1.165, 1.54) is 12.7 Å². The Labute approximate surface area is 102 Å². The van der Waals surface area contributed by atoms with Crippen LogP contribution in [0.3, 0.4) is 0 Å². The van der Waals surface area contributed by atoms with Gasteiger partial charge in [-0.15, -0.1) is 0 Å². The smallest absolute Gasteiger partial charge is 0.323 e. The lowest BCUT2D eigenvalue weighted by Gasteiger charge is -2.30. The summed E-state index contributed by atoms with van der Waals surface area (Å²) < 4.78 is 4.86. The van der Waals surface area contributed by atoms with Gasteiger partial charge in [0.2, 0.25) is 0 Å². The van der Waals surface area contributed by atoms with Crippen LogP contribution in [0.25, 0.3) is 0 Å². The molecule has 0 saturated carbocycles. The molecule has 1 saturated heterocycles. The summed E-state index contributed by atoms with van der Waals surface area (Å²) in [6.07, 6.45) is 3.15. The third-order valence-electron chi connectivity index (χ3n) is 3.38. The second kappa shape index (κ2) is 5.82. The van der Waals surface area contributed by atoms with E-state index in [4.69, 9.17) is 4.74 Å². The van der Waals surface area contributed by atoms with Gasteiger partial charge in [0.1, 0.15) is 6.04 Å². The fourth-order valence-corrected chi connectivity index (χ4v) is 2.49. The molecule has 0 bridgehead atoms. The Morgan fingerprint density at radius 2 is 2.18 bits per heavy atom. The summed E-state index contributed by atoms with van der Waals surface area (Å²) in [7, 11) is 1.46. The first-order valence-electron chi connectivity index (χ1n) is 6.16. The highest BCUT2D eigenvalue weighted by Gasteiger charge is 2.31. The maximum atomic E-state index is 11.7. The number of benzene rings is 1. The molecule has 1 fully saturated rings. The summed E-state index contributed by atoms with van der Waals surface area (Å²) in [5, 5.41) is 3.27. The number of ether oxygens (including phenoxy) is 1. The predicted molar refractivity (Wildman–Crippen MR) is 66.7 cm³/mol. The minimum atomic E-state index is -0.144. The molecule has 0 amide bonds. The third-order valence-corrected chi connectivity index (χ3v) is 3.38. The molecule has 17 heavy (non-hydrogen) atoms. The molecule has 0 unspecified atom stereocenters. The third kappa shape index (κ3) is 3.07. The van der Waals surface area contributed by atoms with Crippen molar-refractivity contribution in [2.75, 3.05) is 13.7 Å². The summed E-state index contributed by atoms with van der Waals surface area (Å²) in [5.41, 5.74) is 1.29. The van der Waals surface area contributed by atoms with Gasteiger partial charge in [0.25, 0.3) is 0 Å². The van der Waals surface area contributed by atoms with Crippen LogP contribution < -0.4 is 5.32 Å². The first-order valence-corrected chi connectivity index (χ1v) is 6.16. The van der Waals surface area contributed by atoms with E-state index in [9.17, 15) is 4.79 Å². The van der Waals surface area contributed by atoms with Crippen molar-refractivity contribution in [3.8, 4) is 0 Å². The molecular weight excluding hydrogens is 214 g/mol. The van der Waals surface area contributed by atoms with E-state index in [-0.39, 0.29) is 12.0 Å². The van der Waals surface area contributed by atoms with Crippen LogP contribution in [0.5, 0.6) is 0 Å². The maximum absolute atomic E-state index is 11.7. The summed E-state index contributed by atoms with van der Waals surface area (Å²) >= 11 is 0. The average Bonchev–Trinajstić information content (AvgIpc) is 2.40. The van der Waals surface area contributed by atoms with Crippen molar-refractivity contribution in [2.24, 2.45) is 5.92 Å². The molecule has 1 aliphatic heterocycles. The van der Waals surface area contributed by atoms with Crippen molar-refractivity contribution in [3.63, 3.8) is 0 Å². The van der Waals surface area contributed by atoms with Gasteiger partial charge in [-0.1, -0.05) is 30.3 Å². The summed E-state index contributed by atoms with van der Waals surface area (Å²) in [5.74, 6) is 0.212. The van der Waals surface area contributed by atoms with Crippen molar-refractivity contribution >= 4 is 5.97 Å². The summed E-state index contributed by atoms with van der Waals surface area (Å²) in [6, 6.07) is 10.2. The molecule has 0 spiro atoms. The molecule has 1 aliphatic rings. The first-order chi connectivity index (χ1) is 8.31. The van der Waals surface area contributed by atoms with Crippen molar-refractivity contribution in [2.45, 2.75) is 25.3 Å². The minimum Gasteiger partial charge on any atom is -0.468 e. The number of hydrogen-bond donors (Lipinski definition) is 1. The van der Waals surface area contributed by atoms with Crippen LogP contribution in [0.4, 0.5) is 0 Å². The van der Waals surface area contributed by atoms with Crippen LogP contribution in [0.15, 0.2) is 30.3 Å². The van der Waals surface area contributed by atoms with Crippen molar-refractivity contribution < 1.29 is 9.53 Å². The molecule has 1 aromatic rings. The van der Waals surface area contributed by atoms with E-state index in [1.807, 2.05) is 18.2 Å². The lowest BCUT2D eigenvalue weighted by atomic mass is 9.85. The molecule has 92 valence electrons. The van der Waals surface area contributed by atoms with Crippen LogP contribution in [-0.4, -0.2) is 25.7 Å². The molecule has 1 heterocycles. The first kappa shape index (κ1) is 12.1. The number of hydrogen-bond acceptors (Lipinski definition) is 3. The molecule has 0 radical (unpaired) electrons. The van der Waals surface area contributed by atoms with Gasteiger partial charge >= 0.3 is 5.97 Å². The number of nitrogens with one attached hydrogen (secondary N) is 1. The Hall–Kier alpha value is -1.35. The number of methoxy groups -OCH3 is 1. The summed E-state index contributed by atoms with van der Waals surface area (Å²) in [4.78, 5) is 11.7. The second-order valence-corrected chi connectivity index (χ2v) is 4.55. The van der Waals surface area contributed by atoms with E-state index in [0.29, 0.717) is 5.92 Å². The molecular formula is C14H19NO2. The fourth-order valence-electron chi connectivity index (χ4n) is 2.49. The normalized spacial score (nSPS) is 24.3. The van der Waals surface area contributed by atoms with Gasteiger partial charge in [0.05, 0.1) is 7.11 Å². The van der Waals surface area contributed by atoms with E-state index < -0.39 is 0 Å². The van der Waals surface area contributed by atoms with Crippen LogP contribution in [0, 0.1) is 5.92 Å². The second-order valence-electron chi connectivity index (χ2n) is 4.55. The average molecular weight is 233 g/mol.